The van der Waals surface area contributed by atoms with Crippen LogP contribution in [0.1, 0.15) is 5.56 Å². The molecule has 0 aliphatic heterocycles. The Morgan fingerprint density at radius 3 is 2.61 bits per heavy atom. The van der Waals surface area contributed by atoms with Crippen LogP contribution in [0.4, 0.5) is 11.6 Å². The molecule has 3 N–H and O–H groups in total. The van der Waals surface area contributed by atoms with Gasteiger partial charge in [-0.3, -0.25) is 0 Å². The van der Waals surface area contributed by atoms with Crippen molar-refractivity contribution in [3.63, 3.8) is 0 Å². The van der Waals surface area contributed by atoms with E-state index < -0.39 is 0 Å². The van der Waals surface area contributed by atoms with E-state index in [-0.39, 0.29) is 0 Å². The number of aromatic nitrogens is 3. The second-order valence-electron chi connectivity index (χ2n) is 4.90. The molecular weight excluding hydrogens is 290 g/mol. The van der Waals surface area contributed by atoms with Gasteiger partial charge in [-0.1, -0.05) is 12.1 Å². The number of hydrogen-bond acceptors (Lipinski definition) is 6. The van der Waals surface area contributed by atoms with Crippen LogP contribution in [0.5, 0.6) is 5.75 Å². The van der Waals surface area contributed by atoms with Gasteiger partial charge in [0.1, 0.15) is 17.4 Å². The van der Waals surface area contributed by atoms with E-state index in [1.807, 2.05) is 42.5 Å². The van der Waals surface area contributed by atoms with Gasteiger partial charge in [0.15, 0.2) is 5.82 Å². The molecule has 2 aromatic heterocycles. The van der Waals surface area contributed by atoms with Gasteiger partial charge in [0, 0.05) is 18.9 Å². The third-order valence-electron chi connectivity index (χ3n) is 3.37. The molecule has 0 saturated carbocycles. The highest BCUT2D eigenvalue weighted by molar-refractivity contribution is 5.68. The van der Waals surface area contributed by atoms with E-state index in [1.54, 1.807) is 19.5 Å². The van der Waals surface area contributed by atoms with Crippen molar-refractivity contribution in [3.05, 3.63) is 60.4 Å². The molecule has 0 unspecified atom stereocenters. The zero-order valence-electron chi connectivity index (χ0n) is 12.7. The van der Waals surface area contributed by atoms with Gasteiger partial charge >= 0.3 is 0 Å². The first-order valence-corrected chi connectivity index (χ1v) is 7.17. The lowest BCUT2D eigenvalue weighted by Gasteiger charge is -2.08. The van der Waals surface area contributed by atoms with Gasteiger partial charge in [-0.2, -0.15) is 0 Å². The summed E-state index contributed by atoms with van der Waals surface area (Å²) in [5.41, 5.74) is 7.73. The average molecular weight is 307 g/mol. The Morgan fingerprint density at radius 1 is 1.04 bits per heavy atom. The minimum Gasteiger partial charge on any atom is -0.497 e. The average Bonchev–Trinajstić information content (AvgIpc) is 2.61. The number of hydrogen-bond donors (Lipinski definition) is 2. The normalized spacial score (nSPS) is 10.3. The van der Waals surface area contributed by atoms with Gasteiger partial charge in [-0.15, -0.1) is 0 Å². The third kappa shape index (κ3) is 3.55. The third-order valence-corrected chi connectivity index (χ3v) is 3.37. The molecule has 0 aliphatic carbocycles. The van der Waals surface area contributed by atoms with Gasteiger partial charge in [0.25, 0.3) is 0 Å². The molecule has 6 nitrogen and oxygen atoms in total. The van der Waals surface area contributed by atoms with Crippen molar-refractivity contribution in [1.82, 2.24) is 15.0 Å². The molecule has 0 atom stereocenters. The van der Waals surface area contributed by atoms with Crippen LogP contribution in [0, 0.1) is 0 Å². The molecular formula is C17H17N5O. The summed E-state index contributed by atoms with van der Waals surface area (Å²) in [7, 11) is 1.65. The van der Waals surface area contributed by atoms with Crippen LogP contribution in [0.2, 0.25) is 0 Å². The second kappa shape index (κ2) is 6.74. The minimum absolute atomic E-state index is 0.416. The number of methoxy groups -OCH3 is 1. The number of ether oxygens (including phenoxy) is 1. The summed E-state index contributed by atoms with van der Waals surface area (Å²) in [5.74, 6) is 2.54. The zero-order valence-corrected chi connectivity index (χ0v) is 12.7. The second-order valence-corrected chi connectivity index (χ2v) is 4.90. The highest BCUT2D eigenvalue weighted by Crippen LogP contribution is 2.21. The highest BCUT2D eigenvalue weighted by Gasteiger charge is 2.07. The fourth-order valence-electron chi connectivity index (χ4n) is 2.13. The Labute approximate surface area is 134 Å². The van der Waals surface area contributed by atoms with Gasteiger partial charge in [0.2, 0.25) is 0 Å². The number of nitrogens with two attached hydrogens (primary N) is 1. The van der Waals surface area contributed by atoms with Crippen molar-refractivity contribution >= 4 is 11.6 Å². The molecule has 1 aromatic carbocycles. The van der Waals surface area contributed by atoms with E-state index in [1.165, 1.54) is 0 Å². The molecule has 0 saturated heterocycles. The number of benzene rings is 1. The van der Waals surface area contributed by atoms with E-state index in [9.17, 15) is 0 Å². The SMILES string of the molecule is COc1ccc(CNc2ccnc(-c3cccnc3N)n2)cc1. The molecule has 3 aromatic rings. The molecule has 2 heterocycles. The summed E-state index contributed by atoms with van der Waals surface area (Å²) in [6.07, 6.45) is 3.34. The van der Waals surface area contributed by atoms with Crippen molar-refractivity contribution < 1.29 is 4.74 Å². The first-order chi connectivity index (χ1) is 11.3. The summed E-state index contributed by atoms with van der Waals surface area (Å²) in [6.45, 7) is 0.656. The van der Waals surface area contributed by atoms with E-state index in [2.05, 4.69) is 20.3 Å². The first-order valence-electron chi connectivity index (χ1n) is 7.17. The summed E-state index contributed by atoms with van der Waals surface area (Å²) in [4.78, 5) is 12.8. The van der Waals surface area contributed by atoms with Crippen LogP contribution in [0.25, 0.3) is 11.4 Å². The summed E-state index contributed by atoms with van der Waals surface area (Å²) in [5, 5.41) is 3.27. The molecule has 0 amide bonds. The number of rotatable bonds is 5. The maximum absolute atomic E-state index is 5.87. The number of nitrogens with zero attached hydrogens (tertiary/aromatic N) is 3. The molecule has 0 bridgehead atoms. The molecule has 3 rings (SSSR count). The van der Waals surface area contributed by atoms with Crippen LogP contribution in [0.15, 0.2) is 54.9 Å². The van der Waals surface area contributed by atoms with Crippen LogP contribution < -0.4 is 15.8 Å². The van der Waals surface area contributed by atoms with Gasteiger partial charge in [-0.05, 0) is 35.9 Å². The van der Waals surface area contributed by atoms with E-state index in [4.69, 9.17) is 10.5 Å². The maximum Gasteiger partial charge on any atom is 0.165 e. The van der Waals surface area contributed by atoms with Gasteiger partial charge < -0.3 is 15.8 Å². The Hall–Kier alpha value is -3.15. The molecule has 23 heavy (non-hydrogen) atoms. The van der Waals surface area contributed by atoms with Crippen molar-refractivity contribution in [1.29, 1.82) is 0 Å². The maximum atomic E-state index is 5.87. The van der Waals surface area contributed by atoms with Crippen molar-refractivity contribution in [2.75, 3.05) is 18.2 Å². The molecule has 0 fully saturated rings. The number of pyridine rings is 1. The number of nitrogens with one attached hydrogen (secondary N) is 1. The quantitative estimate of drug-likeness (QED) is 0.754. The zero-order chi connectivity index (χ0) is 16.1. The van der Waals surface area contributed by atoms with Crippen LogP contribution in [0.3, 0.4) is 0 Å². The topological polar surface area (TPSA) is 86.0 Å². The number of nitrogen functional groups attached to an aromatic ring is 1. The van der Waals surface area contributed by atoms with Crippen molar-refractivity contribution in [2.24, 2.45) is 0 Å². The smallest absolute Gasteiger partial charge is 0.165 e. The van der Waals surface area contributed by atoms with Gasteiger partial charge in [0.05, 0.1) is 12.7 Å². The van der Waals surface area contributed by atoms with E-state index in [0.29, 0.717) is 18.2 Å². The molecule has 0 radical (unpaired) electrons. The van der Waals surface area contributed by atoms with E-state index in [0.717, 1.165) is 22.7 Å². The Morgan fingerprint density at radius 2 is 1.87 bits per heavy atom. The largest absolute Gasteiger partial charge is 0.497 e. The van der Waals surface area contributed by atoms with Gasteiger partial charge in [-0.25, -0.2) is 15.0 Å². The van der Waals surface area contributed by atoms with E-state index >= 15 is 0 Å². The molecule has 0 aliphatic rings. The van der Waals surface area contributed by atoms with Crippen molar-refractivity contribution in [3.8, 4) is 17.1 Å². The van der Waals surface area contributed by atoms with Crippen LogP contribution >= 0.6 is 0 Å². The Bertz CT molecular complexity index is 789. The fourth-order valence-corrected chi connectivity index (χ4v) is 2.13. The summed E-state index contributed by atoms with van der Waals surface area (Å²) in [6, 6.07) is 13.4. The highest BCUT2D eigenvalue weighted by atomic mass is 16.5. The lowest BCUT2D eigenvalue weighted by molar-refractivity contribution is 0.414. The molecule has 0 spiro atoms. The lowest BCUT2D eigenvalue weighted by atomic mass is 10.2. The predicted octanol–water partition coefficient (Wildman–Crippen LogP) is 2.74. The van der Waals surface area contributed by atoms with Crippen molar-refractivity contribution in [2.45, 2.75) is 6.54 Å². The minimum atomic E-state index is 0.416. The Balaban J connectivity index is 1.74. The first kappa shape index (κ1) is 14.8. The fraction of sp³-hybridized carbons (Fsp3) is 0.118. The predicted molar refractivity (Wildman–Crippen MR) is 90.0 cm³/mol. The molecule has 6 heteroatoms. The lowest BCUT2D eigenvalue weighted by Crippen LogP contribution is -2.03. The summed E-state index contributed by atoms with van der Waals surface area (Å²) >= 11 is 0. The van der Waals surface area contributed by atoms with Crippen LogP contribution in [-0.4, -0.2) is 22.1 Å². The summed E-state index contributed by atoms with van der Waals surface area (Å²) < 4.78 is 5.15. The Kier molecular flexibility index (Phi) is 4.33. The number of anilines is 2. The molecule has 116 valence electrons. The van der Waals surface area contributed by atoms with Crippen LogP contribution in [-0.2, 0) is 6.54 Å². The monoisotopic (exact) mass is 307 g/mol. The standard InChI is InChI=1S/C17H17N5O/c1-23-13-6-4-12(5-7-13)11-21-15-8-10-20-17(22-15)14-3-2-9-19-16(14)18/h2-10H,11H2,1H3,(H2,18,19)(H,20,21,22).